The molecule has 0 amide bonds. The molecule has 0 bridgehead atoms. The maximum absolute atomic E-state index is 3.50. The summed E-state index contributed by atoms with van der Waals surface area (Å²) < 4.78 is 0. The summed E-state index contributed by atoms with van der Waals surface area (Å²) in [6.45, 7) is 2.34. The van der Waals surface area contributed by atoms with Gasteiger partial charge in [0.25, 0.3) is 0 Å². The first-order valence-electron chi connectivity index (χ1n) is 6.63. The summed E-state index contributed by atoms with van der Waals surface area (Å²) in [6, 6.07) is 15.5. The minimum atomic E-state index is 0.732. The van der Waals surface area contributed by atoms with Crippen LogP contribution in [0.3, 0.4) is 0 Å². The van der Waals surface area contributed by atoms with Crippen LogP contribution in [0.15, 0.2) is 42.5 Å². The molecular formula is C16H19N. The molecule has 3 rings (SSSR count). The van der Waals surface area contributed by atoms with Crippen molar-refractivity contribution in [3.8, 4) is 0 Å². The Balaban J connectivity index is 2.03. The largest absolute Gasteiger partial charge is 0.317 e. The molecule has 0 aromatic heterocycles. The lowest BCUT2D eigenvalue weighted by Crippen LogP contribution is -2.13. The van der Waals surface area contributed by atoms with Gasteiger partial charge in [0.1, 0.15) is 0 Å². The molecule has 0 aliphatic carbocycles. The van der Waals surface area contributed by atoms with Gasteiger partial charge in [-0.2, -0.15) is 0 Å². The van der Waals surface area contributed by atoms with Crippen molar-refractivity contribution >= 4 is 10.8 Å². The molecular weight excluding hydrogens is 206 g/mol. The third kappa shape index (κ3) is 2.20. The Bertz CT molecular complexity index is 490. The number of benzene rings is 2. The fourth-order valence-electron chi connectivity index (χ4n) is 2.94. The maximum atomic E-state index is 3.50. The SMILES string of the molecule is c1ccc2c(C3CCCNCC3)cccc2c1. The molecule has 1 unspecified atom stereocenters. The molecule has 2 aromatic rings. The van der Waals surface area contributed by atoms with Gasteiger partial charge in [-0.3, -0.25) is 0 Å². The lowest BCUT2D eigenvalue weighted by molar-refractivity contribution is 0.613. The van der Waals surface area contributed by atoms with Crippen molar-refractivity contribution < 1.29 is 0 Å². The van der Waals surface area contributed by atoms with E-state index in [9.17, 15) is 0 Å². The normalized spacial score (nSPS) is 21.3. The zero-order chi connectivity index (χ0) is 11.5. The molecule has 0 radical (unpaired) electrons. The first-order valence-corrected chi connectivity index (χ1v) is 6.63. The van der Waals surface area contributed by atoms with Gasteiger partial charge in [0.05, 0.1) is 0 Å². The minimum Gasteiger partial charge on any atom is -0.317 e. The molecule has 1 heteroatoms. The third-order valence-electron chi connectivity index (χ3n) is 3.84. The Labute approximate surface area is 103 Å². The van der Waals surface area contributed by atoms with Crippen LogP contribution in [0, 0.1) is 0 Å². The Morgan fingerprint density at radius 3 is 2.76 bits per heavy atom. The van der Waals surface area contributed by atoms with E-state index >= 15 is 0 Å². The van der Waals surface area contributed by atoms with Crippen LogP contribution < -0.4 is 5.32 Å². The van der Waals surface area contributed by atoms with Crippen LogP contribution in [0.4, 0.5) is 0 Å². The van der Waals surface area contributed by atoms with Crippen LogP contribution in [0.5, 0.6) is 0 Å². The molecule has 0 saturated carbocycles. The van der Waals surface area contributed by atoms with E-state index in [0.29, 0.717) is 0 Å². The number of rotatable bonds is 1. The molecule has 1 fully saturated rings. The van der Waals surface area contributed by atoms with Crippen LogP contribution in [-0.4, -0.2) is 13.1 Å². The summed E-state index contributed by atoms with van der Waals surface area (Å²) in [5.41, 5.74) is 1.55. The monoisotopic (exact) mass is 225 g/mol. The molecule has 1 saturated heterocycles. The second-order valence-electron chi connectivity index (χ2n) is 4.95. The quantitative estimate of drug-likeness (QED) is 0.780. The summed E-state index contributed by atoms with van der Waals surface area (Å²) in [4.78, 5) is 0. The number of hydrogen-bond acceptors (Lipinski definition) is 1. The van der Waals surface area contributed by atoms with E-state index in [4.69, 9.17) is 0 Å². The van der Waals surface area contributed by atoms with Gasteiger partial charge in [-0.25, -0.2) is 0 Å². The molecule has 17 heavy (non-hydrogen) atoms. The van der Waals surface area contributed by atoms with Gasteiger partial charge < -0.3 is 5.32 Å². The highest BCUT2D eigenvalue weighted by atomic mass is 14.8. The van der Waals surface area contributed by atoms with E-state index < -0.39 is 0 Å². The average Bonchev–Trinajstić information content (AvgIpc) is 2.67. The van der Waals surface area contributed by atoms with Gasteiger partial charge in [-0.05, 0) is 54.6 Å². The highest BCUT2D eigenvalue weighted by molar-refractivity contribution is 5.86. The van der Waals surface area contributed by atoms with Gasteiger partial charge >= 0.3 is 0 Å². The predicted octanol–water partition coefficient (Wildman–Crippen LogP) is 3.70. The highest BCUT2D eigenvalue weighted by Crippen LogP contribution is 2.31. The molecule has 1 N–H and O–H groups in total. The average molecular weight is 225 g/mol. The maximum Gasteiger partial charge on any atom is -0.00431 e. The van der Waals surface area contributed by atoms with E-state index in [1.165, 1.54) is 36.6 Å². The molecule has 1 nitrogen and oxygen atoms in total. The predicted molar refractivity (Wildman–Crippen MR) is 73.4 cm³/mol. The molecule has 1 atom stereocenters. The summed E-state index contributed by atoms with van der Waals surface area (Å²) in [7, 11) is 0. The van der Waals surface area contributed by atoms with Gasteiger partial charge in [0, 0.05) is 0 Å². The second-order valence-corrected chi connectivity index (χ2v) is 4.95. The fourth-order valence-corrected chi connectivity index (χ4v) is 2.94. The fraction of sp³-hybridized carbons (Fsp3) is 0.375. The zero-order valence-electron chi connectivity index (χ0n) is 10.2. The van der Waals surface area contributed by atoms with Crippen molar-refractivity contribution in [2.24, 2.45) is 0 Å². The van der Waals surface area contributed by atoms with Gasteiger partial charge in [-0.1, -0.05) is 42.5 Å². The smallest absolute Gasteiger partial charge is 0.00431 e. The molecule has 1 heterocycles. The highest BCUT2D eigenvalue weighted by Gasteiger charge is 2.15. The summed E-state index contributed by atoms with van der Waals surface area (Å²) in [5.74, 6) is 0.732. The van der Waals surface area contributed by atoms with Crippen LogP contribution >= 0.6 is 0 Å². The Kier molecular flexibility index (Phi) is 3.10. The lowest BCUT2D eigenvalue weighted by Gasteiger charge is -2.16. The number of nitrogens with one attached hydrogen (secondary N) is 1. The first-order chi connectivity index (χ1) is 8.45. The van der Waals surface area contributed by atoms with Crippen LogP contribution in [0.25, 0.3) is 10.8 Å². The third-order valence-corrected chi connectivity index (χ3v) is 3.84. The lowest BCUT2D eigenvalue weighted by atomic mass is 9.88. The van der Waals surface area contributed by atoms with Crippen molar-refractivity contribution in [2.75, 3.05) is 13.1 Å². The summed E-state index contributed by atoms with van der Waals surface area (Å²) in [5, 5.41) is 6.32. The van der Waals surface area contributed by atoms with E-state index in [-0.39, 0.29) is 0 Å². The first kappa shape index (κ1) is 10.8. The van der Waals surface area contributed by atoms with E-state index in [0.717, 1.165) is 12.5 Å². The van der Waals surface area contributed by atoms with Crippen LogP contribution in [-0.2, 0) is 0 Å². The molecule has 1 aliphatic rings. The van der Waals surface area contributed by atoms with E-state index in [1.807, 2.05) is 0 Å². The summed E-state index contributed by atoms with van der Waals surface area (Å²) >= 11 is 0. The van der Waals surface area contributed by atoms with Crippen molar-refractivity contribution in [3.05, 3.63) is 48.0 Å². The topological polar surface area (TPSA) is 12.0 Å². The number of fused-ring (bicyclic) bond motifs is 1. The Morgan fingerprint density at radius 2 is 1.76 bits per heavy atom. The van der Waals surface area contributed by atoms with Crippen molar-refractivity contribution in [2.45, 2.75) is 25.2 Å². The van der Waals surface area contributed by atoms with Gasteiger partial charge in [0.15, 0.2) is 0 Å². The second kappa shape index (κ2) is 4.89. The van der Waals surface area contributed by atoms with Crippen LogP contribution in [0.1, 0.15) is 30.7 Å². The van der Waals surface area contributed by atoms with Crippen molar-refractivity contribution in [3.63, 3.8) is 0 Å². The van der Waals surface area contributed by atoms with Crippen molar-refractivity contribution in [1.82, 2.24) is 5.32 Å². The standard InChI is InChI=1S/C16H19N/c1-2-8-15-13(5-1)6-3-9-16(15)14-7-4-11-17-12-10-14/h1-3,5-6,8-9,14,17H,4,7,10-12H2. The molecule has 2 aromatic carbocycles. The van der Waals surface area contributed by atoms with Gasteiger partial charge in [0.2, 0.25) is 0 Å². The zero-order valence-corrected chi connectivity index (χ0v) is 10.2. The Hall–Kier alpha value is -1.34. The van der Waals surface area contributed by atoms with E-state index in [1.54, 1.807) is 5.56 Å². The van der Waals surface area contributed by atoms with Crippen molar-refractivity contribution in [1.29, 1.82) is 0 Å². The summed E-state index contributed by atoms with van der Waals surface area (Å²) in [6.07, 6.45) is 3.89. The Morgan fingerprint density at radius 1 is 0.882 bits per heavy atom. The molecule has 1 aliphatic heterocycles. The number of hydrogen-bond donors (Lipinski definition) is 1. The minimum absolute atomic E-state index is 0.732. The van der Waals surface area contributed by atoms with Crippen LogP contribution in [0.2, 0.25) is 0 Å². The van der Waals surface area contributed by atoms with E-state index in [2.05, 4.69) is 47.8 Å². The van der Waals surface area contributed by atoms with Gasteiger partial charge in [-0.15, -0.1) is 0 Å². The molecule has 88 valence electrons. The molecule has 0 spiro atoms.